The van der Waals surface area contributed by atoms with Crippen molar-refractivity contribution in [3.63, 3.8) is 0 Å². The summed E-state index contributed by atoms with van der Waals surface area (Å²) in [6.45, 7) is 8.85. The highest BCUT2D eigenvalue weighted by Gasteiger charge is 2.20. The summed E-state index contributed by atoms with van der Waals surface area (Å²) in [4.78, 5) is 17.2. The average Bonchev–Trinajstić information content (AvgIpc) is 3.08. The summed E-state index contributed by atoms with van der Waals surface area (Å²) in [6, 6.07) is 16.0. The molecular formula is C26H32N4O3. The minimum absolute atomic E-state index is 0.0962. The van der Waals surface area contributed by atoms with Gasteiger partial charge in [0.15, 0.2) is 5.71 Å². The van der Waals surface area contributed by atoms with Gasteiger partial charge in [-0.3, -0.25) is 4.79 Å². The second-order valence-electron chi connectivity index (χ2n) is 8.88. The van der Waals surface area contributed by atoms with Gasteiger partial charge in [-0.2, -0.15) is 5.10 Å². The highest BCUT2D eigenvalue weighted by molar-refractivity contribution is 6.45. The van der Waals surface area contributed by atoms with E-state index in [1.54, 1.807) is 11.7 Å². The smallest absolute Gasteiger partial charge is 0.273 e. The molecule has 0 saturated carbocycles. The molecule has 0 fully saturated rings. The van der Waals surface area contributed by atoms with E-state index in [-0.39, 0.29) is 23.6 Å². The van der Waals surface area contributed by atoms with Crippen molar-refractivity contribution in [3.8, 4) is 17.1 Å². The summed E-state index contributed by atoms with van der Waals surface area (Å²) in [5.74, 6) is 0.340. The molecule has 0 spiro atoms. The van der Waals surface area contributed by atoms with Gasteiger partial charge >= 0.3 is 0 Å². The molecule has 7 nitrogen and oxygen atoms in total. The van der Waals surface area contributed by atoms with E-state index in [2.05, 4.69) is 55.5 Å². The molecule has 1 amide bonds. The van der Waals surface area contributed by atoms with E-state index >= 15 is 0 Å². The molecule has 3 aromatic rings. The third-order valence-electron chi connectivity index (χ3n) is 5.51. The Kier molecular flexibility index (Phi) is 7.21. The number of amides is 1. The minimum atomic E-state index is -0.331. The molecule has 1 N–H and O–H groups in total. The zero-order valence-electron chi connectivity index (χ0n) is 20.4. The number of nitrogens with zero attached hydrogens (tertiary/aromatic N) is 3. The van der Waals surface area contributed by atoms with Crippen molar-refractivity contribution in [2.45, 2.75) is 39.7 Å². The van der Waals surface area contributed by atoms with Crippen molar-refractivity contribution >= 4 is 11.6 Å². The highest BCUT2D eigenvalue weighted by Crippen LogP contribution is 2.31. The van der Waals surface area contributed by atoms with Crippen molar-refractivity contribution < 1.29 is 14.4 Å². The number of aromatic nitrogens is 2. The van der Waals surface area contributed by atoms with E-state index in [9.17, 15) is 4.79 Å². The van der Waals surface area contributed by atoms with Crippen LogP contribution in [0.5, 0.6) is 5.88 Å². The standard InChI is InChI=1S/C26H32N4O3/c1-17-22(18-12-14-20(15-13-18)26(2,3)4)28-30(6)25(17)33-16-19-10-8-9-11-21(19)23(29-32-7)24(31)27-5/h8-15H,16H2,1-7H3,(H,27,31)/b29-23+. The van der Waals surface area contributed by atoms with Gasteiger partial charge in [0, 0.05) is 30.8 Å². The number of rotatable bonds is 7. The van der Waals surface area contributed by atoms with Crippen LogP contribution in [-0.4, -0.2) is 35.6 Å². The molecule has 3 rings (SSSR count). The molecule has 0 unspecified atom stereocenters. The molecule has 0 aliphatic rings. The average molecular weight is 449 g/mol. The number of nitrogens with one attached hydrogen (secondary N) is 1. The molecule has 33 heavy (non-hydrogen) atoms. The highest BCUT2D eigenvalue weighted by atomic mass is 16.6. The van der Waals surface area contributed by atoms with Crippen LogP contribution in [0.1, 0.15) is 43.0 Å². The Hall–Kier alpha value is -3.61. The maximum absolute atomic E-state index is 12.3. The predicted molar refractivity (Wildman–Crippen MR) is 130 cm³/mol. The van der Waals surface area contributed by atoms with Crippen LogP contribution in [0.2, 0.25) is 0 Å². The van der Waals surface area contributed by atoms with Crippen molar-refractivity contribution in [3.05, 3.63) is 70.8 Å². The van der Waals surface area contributed by atoms with Gasteiger partial charge < -0.3 is 14.9 Å². The number of ether oxygens (including phenoxy) is 1. The van der Waals surface area contributed by atoms with Crippen molar-refractivity contribution in [2.24, 2.45) is 12.2 Å². The van der Waals surface area contributed by atoms with Gasteiger partial charge in [0.2, 0.25) is 5.88 Å². The maximum atomic E-state index is 12.3. The summed E-state index contributed by atoms with van der Waals surface area (Å²) >= 11 is 0. The summed E-state index contributed by atoms with van der Waals surface area (Å²) in [6.07, 6.45) is 0. The number of hydrogen-bond donors (Lipinski definition) is 1. The van der Waals surface area contributed by atoms with Gasteiger partial charge in [0.05, 0.1) is 5.69 Å². The van der Waals surface area contributed by atoms with Gasteiger partial charge in [-0.25, -0.2) is 4.68 Å². The first-order valence-corrected chi connectivity index (χ1v) is 10.9. The number of hydrogen-bond acceptors (Lipinski definition) is 5. The maximum Gasteiger partial charge on any atom is 0.273 e. The minimum Gasteiger partial charge on any atom is -0.473 e. The Morgan fingerprint density at radius 2 is 1.79 bits per heavy atom. The lowest BCUT2D eigenvalue weighted by molar-refractivity contribution is -0.114. The monoisotopic (exact) mass is 448 g/mol. The molecule has 1 heterocycles. The summed E-state index contributed by atoms with van der Waals surface area (Å²) < 4.78 is 7.93. The Morgan fingerprint density at radius 3 is 2.39 bits per heavy atom. The number of benzene rings is 2. The summed E-state index contributed by atoms with van der Waals surface area (Å²) in [5, 5.41) is 11.2. The first kappa shape index (κ1) is 24.0. The first-order chi connectivity index (χ1) is 15.7. The van der Waals surface area contributed by atoms with E-state index in [0.717, 1.165) is 22.4 Å². The first-order valence-electron chi connectivity index (χ1n) is 10.9. The molecule has 0 atom stereocenters. The van der Waals surface area contributed by atoms with Crippen LogP contribution in [-0.2, 0) is 28.7 Å². The van der Waals surface area contributed by atoms with Crippen LogP contribution >= 0.6 is 0 Å². The van der Waals surface area contributed by atoms with E-state index in [0.29, 0.717) is 11.4 Å². The lowest BCUT2D eigenvalue weighted by Crippen LogP contribution is -2.29. The van der Waals surface area contributed by atoms with Crippen LogP contribution in [0, 0.1) is 6.92 Å². The normalized spacial score (nSPS) is 11.9. The molecule has 7 heteroatoms. The van der Waals surface area contributed by atoms with Crippen molar-refractivity contribution in [1.29, 1.82) is 0 Å². The quantitative estimate of drug-likeness (QED) is 0.430. The Morgan fingerprint density at radius 1 is 1.12 bits per heavy atom. The molecule has 0 radical (unpaired) electrons. The van der Waals surface area contributed by atoms with E-state index < -0.39 is 0 Å². The van der Waals surface area contributed by atoms with Gasteiger partial charge in [0.1, 0.15) is 13.7 Å². The number of carbonyl (C=O) groups excluding carboxylic acids is 1. The van der Waals surface area contributed by atoms with Crippen LogP contribution in [0.15, 0.2) is 53.7 Å². The lowest BCUT2D eigenvalue weighted by Gasteiger charge is -2.19. The molecule has 2 aromatic carbocycles. The second kappa shape index (κ2) is 9.90. The molecule has 0 aliphatic carbocycles. The van der Waals surface area contributed by atoms with E-state index in [4.69, 9.17) is 14.7 Å². The SMILES string of the molecule is CNC(=O)/C(=N/OC)c1ccccc1COc1c(C)c(-c2ccc(C(C)(C)C)cc2)nn1C. The Bertz CT molecular complexity index is 1160. The molecular weight excluding hydrogens is 416 g/mol. The molecule has 1 aromatic heterocycles. The van der Waals surface area contributed by atoms with Gasteiger partial charge in [-0.05, 0) is 23.5 Å². The van der Waals surface area contributed by atoms with Crippen molar-refractivity contribution in [1.82, 2.24) is 15.1 Å². The van der Waals surface area contributed by atoms with Crippen LogP contribution < -0.4 is 10.1 Å². The zero-order valence-corrected chi connectivity index (χ0v) is 20.4. The van der Waals surface area contributed by atoms with E-state index in [1.807, 2.05) is 38.2 Å². The van der Waals surface area contributed by atoms with E-state index in [1.165, 1.54) is 12.7 Å². The summed E-state index contributed by atoms with van der Waals surface area (Å²) in [5.41, 5.74) is 5.91. The Labute approximate surface area is 195 Å². The number of carbonyl (C=O) groups is 1. The van der Waals surface area contributed by atoms with Crippen molar-refractivity contribution in [2.75, 3.05) is 14.2 Å². The molecule has 0 aliphatic heterocycles. The Balaban J connectivity index is 1.88. The summed E-state index contributed by atoms with van der Waals surface area (Å²) in [7, 11) is 4.83. The molecule has 0 saturated heterocycles. The third kappa shape index (κ3) is 5.25. The molecule has 174 valence electrons. The number of oxime groups is 1. The predicted octanol–water partition coefficient (Wildman–Crippen LogP) is 4.37. The molecule has 0 bridgehead atoms. The zero-order chi connectivity index (χ0) is 24.2. The number of aryl methyl sites for hydroxylation is 1. The van der Waals surface area contributed by atoms with Gasteiger partial charge in [-0.1, -0.05) is 74.5 Å². The third-order valence-corrected chi connectivity index (χ3v) is 5.51. The fourth-order valence-corrected chi connectivity index (χ4v) is 3.66. The van der Waals surface area contributed by atoms with Gasteiger partial charge in [-0.15, -0.1) is 0 Å². The topological polar surface area (TPSA) is 77.7 Å². The van der Waals surface area contributed by atoms with Crippen LogP contribution in [0.25, 0.3) is 11.3 Å². The fraction of sp³-hybridized carbons (Fsp3) is 0.346. The second-order valence-corrected chi connectivity index (χ2v) is 8.88. The number of likely N-dealkylation sites (N-methyl/N-ethyl adjacent to an activating group) is 1. The lowest BCUT2D eigenvalue weighted by atomic mass is 9.86. The van der Waals surface area contributed by atoms with Crippen LogP contribution in [0.3, 0.4) is 0 Å². The fourth-order valence-electron chi connectivity index (χ4n) is 3.66. The largest absolute Gasteiger partial charge is 0.473 e. The van der Waals surface area contributed by atoms with Gasteiger partial charge in [0.25, 0.3) is 5.91 Å². The van der Waals surface area contributed by atoms with Crippen LogP contribution in [0.4, 0.5) is 0 Å².